The highest BCUT2D eigenvalue weighted by atomic mass is 16.7. The van der Waals surface area contributed by atoms with Crippen LogP contribution in [0.4, 0.5) is 5.69 Å². The van der Waals surface area contributed by atoms with Crippen LogP contribution in [0.5, 0.6) is 0 Å². The number of carbonyl (C=O) groups is 1. The van der Waals surface area contributed by atoms with Gasteiger partial charge in [0.2, 0.25) is 5.82 Å². The summed E-state index contributed by atoms with van der Waals surface area (Å²) in [6, 6.07) is 5.50. The largest absolute Gasteiger partial charge is 0.387 e. The van der Waals surface area contributed by atoms with Gasteiger partial charge in [0.05, 0.1) is 4.92 Å². The Bertz CT molecular complexity index is 901. The molecule has 1 aromatic carbocycles. The molecule has 1 unspecified atom stereocenters. The Kier molecular flexibility index (Phi) is 5.61. The van der Waals surface area contributed by atoms with Crippen LogP contribution in [0.25, 0.3) is 0 Å². The minimum Gasteiger partial charge on any atom is -0.387 e. The molecule has 1 aliphatic heterocycles. The average molecular weight is 409 g/mol. The van der Waals surface area contributed by atoms with Crippen molar-refractivity contribution in [1.29, 1.82) is 0 Å². The van der Waals surface area contributed by atoms with Crippen LogP contribution in [-0.4, -0.2) is 65.3 Å². The van der Waals surface area contributed by atoms with E-state index in [1.54, 1.807) is 0 Å². The highest BCUT2D eigenvalue weighted by Crippen LogP contribution is 2.34. The number of nitrogens with zero attached hydrogens (tertiary/aromatic N) is 3. The zero-order valence-electron chi connectivity index (χ0n) is 14.8. The number of aliphatic hydroxyl groups is 4. The van der Waals surface area contributed by atoms with E-state index in [-0.39, 0.29) is 18.1 Å². The first-order chi connectivity index (χ1) is 13.6. The van der Waals surface area contributed by atoms with Crippen molar-refractivity contribution in [2.75, 3.05) is 0 Å². The number of amides is 1. The fourth-order valence-electron chi connectivity index (χ4n) is 2.94. The molecule has 1 fully saturated rings. The Labute approximate surface area is 163 Å². The van der Waals surface area contributed by atoms with Gasteiger partial charge in [-0.15, -0.1) is 0 Å². The van der Waals surface area contributed by atoms with Gasteiger partial charge >= 0.3 is 0 Å². The first kappa shape index (κ1) is 20.8. The molecule has 5 atom stereocenters. The molecule has 0 saturated carbocycles. The molecule has 0 radical (unpaired) electrons. The van der Waals surface area contributed by atoms with Crippen molar-refractivity contribution in [2.24, 2.45) is 5.73 Å². The van der Waals surface area contributed by atoms with Gasteiger partial charge in [-0.25, -0.2) is 4.98 Å². The van der Waals surface area contributed by atoms with Gasteiger partial charge < -0.3 is 36.2 Å². The lowest BCUT2D eigenvalue weighted by atomic mass is 10.1. The molecule has 1 saturated heterocycles. The van der Waals surface area contributed by atoms with E-state index in [0.717, 1.165) is 17.0 Å². The Hall–Kier alpha value is -2.94. The quantitative estimate of drug-likeness (QED) is 0.171. The van der Waals surface area contributed by atoms with Gasteiger partial charge in [-0.1, -0.05) is 12.1 Å². The molecule has 0 aliphatic carbocycles. The lowest BCUT2D eigenvalue weighted by Crippen LogP contribution is -2.47. The van der Waals surface area contributed by atoms with E-state index in [9.17, 15) is 35.3 Å². The summed E-state index contributed by atoms with van der Waals surface area (Å²) < 4.78 is 5.93. The maximum Gasteiger partial charge on any atom is 0.287 e. The summed E-state index contributed by atoms with van der Waals surface area (Å²) in [5.41, 5.74) is 5.74. The minimum absolute atomic E-state index is 0.00170. The molecule has 156 valence electrons. The molecule has 13 heteroatoms. The summed E-state index contributed by atoms with van der Waals surface area (Å²) >= 11 is 0. The number of aromatic nitrogens is 2. The number of hydrogen-bond donors (Lipinski definition) is 6. The van der Waals surface area contributed by atoms with Crippen molar-refractivity contribution in [3.8, 4) is 0 Å². The highest BCUT2D eigenvalue weighted by molar-refractivity contribution is 5.90. The topological polar surface area (TPSA) is 206 Å². The predicted octanol–water partition coefficient (Wildman–Crippen LogP) is -2.28. The number of imidazole rings is 1. The van der Waals surface area contributed by atoms with E-state index < -0.39 is 41.3 Å². The highest BCUT2D eigenvalue weighted by Gasteiger charge is 2.57. The summed E-state index contributed by atoms with van der Waals surface area (Å²) in [7, 11) is 0. The number of nitro benzene ring substituents is 1. The zero-order valence-corrected chi connectivity index (χ0v) is 14.8. The fraction of sp³-hybridized carbons (Fsp3) is 0.375. The van der Waals surface area contributed by atoms with Crippen LogP contribution in [0.1, 0.15) is 16.2 Å². The van der Waals surface area contributed by atoms with Crippen molar-refractivity contribution in [3.63, 3.8) is 0 Å². The van der Waals surface area contributed by atoms with E-state index in [1.807, 2.05) is 0 Å². The van der Waals surface area contributed by atoms with Crippen molar-refractivity contribution >= 4 is 11.6 Å². The summed E-state index contributed by atoms with van der Waals surface area (Å²) in [6.45, 7) is -0.00170. The van der Waals surface area contributed by atoms with Gasteiger partial charge in [0, 0.05) is 31.1 Å². The van der Waals surface area contributed by atoms with Crippen molar-refractivity contribution in [3.05, 3.63) is 58.2 Å². The fourth-order valence-corrected chi connectivity index (χ4v) is 2.94. The minimum atomic E-state index is -2.60. The first-order valence-electron chi connectivity index (χ1n) is 8.40. The molecule has 29 heavy (non-hydrogen) atoms. The molecule has 3 rings (SSSR count). The van der Waals surface area contributed by atoms with Gasteiger partial charge in [0.15, 0.2) is 6.10 Å². The monoisotopic (exact) mass is 409 g/mol. The van der Waals surface area contributed by atoms with E-state index in [4.69, 9.17) is 10.5 Å². The molecular formula is C16H19N5O8. The molecule has 2 aromatic rings. The van der Waals surface area contributed by atoms with Crippen LogP contribution in [0.3, 0.4) is 0 Å². The maximum atomic E-state index is 12.5. The second-order valence-corrected chi connectivity index (χ2v) is 6.39. The smallest absolute Gasteiger partial charge is 0.287 e. The molecule has 1 aromatic heterocycles. The third kappa shape index (κ3) is 3.82. The normalized spacial score (nSPS) is 27.6. The van der Waals surface area contributed by atoms with E-state index in [0.29, 0.717) is 5.56 Å². The Morgan fingerprint density at radius 2 is 2.07 bits per heavy atom. The number of nitrogens with two attached hydrogens (primary N) is 1. The van der Waals surface area contributed by atoms with Crippen molar-refractivity contribution < 1.29 is 34.9 Å². The number of carbonyl (C=O) groups excluding carboxylic acids is 1. The van der Waals surface area contributed by atoms with Crippen LogP contribution in [0.15, 0.2) is 36.7 Å². The van der Waals surface area contributed by atoms with Gasteiger partial charge in [-0.3, -0.25) is 19.5 Å². The second kappa shape index (κ2) is 7.82. The van der Waals surface area contributed by atoms with Crippen molar-refractivity contribution in [2.45, 2.75) is 37.0 Å². The third-order valence-electron chi connectivity index (χ3n) is 4.48. The Morgan fingerprint density at radius 1 is 1.41 bits per heavy atom. The van der Waals surface area contributed by atoms with Crippen LogP contribution >= 0.6 is 0 Å². The number of ether oxygens (including phenoxy) is 1. The van der Waals surface area contributed by atoms with E-state index in [1.165, 1.54) is 24.3 Å². The average Bonchev–Trinajstić information content (AvgIpc) is 3.27. The number of benzene rings is 1. The molecule has 13 nitrogen and oxygen atoms in total. The molecule has 7 N–H and O–H groups in total. The van der Waals surface area contributed by atoms with E-state index in [2.05, 4.69) is 10.3 Å². The summed E-state index contributed by atoms with van der Waals surface area (Å²) in [5.74, 6) is -3.71. The Balaban J connectivity index is 1.75. The van der Waals surface area contributed by atoms with Gasteiger partial charge in [0.25, 0.3) is 17.5 Å². The number of nitrogens with one attached hydrogen (secondary N) is 1. The zero-order chi connectivity index (χ0) is 21.3. The molecule has 2 heterocycles. The maximum absolute atomic E-state index is 12.5. The Morgan fingerprint density at radius 3 is 2.62 bits per heavy atom. The van der Waals surface area contributed by atoms with Crippen LogP contribution in [0.2, 0.25) is 0 Å². The summed E-state index contributed by atoms with van der Waals surface area (Å²) in [6.07, 6.45) is -4.56. The molecule has 1 aliphatic rings. The molecule has 1 amide bonds. The molecular weight excluding hydrogens is 390 g/mol. The van der Waals surface area contributed by atoms with Crippen molar-refractivity contribution in [1.82, 2.24) is 14.9 Å². The number of nitro groups is 1. The SMILES string of the molecule is NC(O)[C@H]1O[C@@](O)(n2ccnc2C(=O)NCc2ccc([N+](=O)[O-])cc2)[C@H](O)[C@@H]1O. The number of hydrogen-bond acceptors (Lipinski definition) is 10. The van der Waals surface area contributed by atoms with Gasteiger partial charge in [0.1, 0.15) is 18.4 Å². The molecule has 0 bridgehead atoms. The van der Waals surface area contributed by atoms with Crippen LogP contribution in [0, 0.1) is 10.1 Å². The predicted molar refractivity (Wildman–Crippen MR) is 93.8 cm³/mol. The summed E-state index contributed by atoms with van der Waals surface area (Å²) in [4.78, 5) is 26.4. The number of rotatable bonds is 6. The van der Waals surface area contributed by atoms with Crippen LogP contribution < -0.4 is 11.1 Å². The number of non-ortho nitro benzene ring substituents is 1. The standard InChI is InChI=1S/C16H19N5O8/c17-13(24)11-10(22)12(23)16(26,29-11)20-6-5-18-14(20)15(25)19-7-8-1-3-9(4-2-8)21(27)28/h1-6,10-13,22-24,26H,7,17H2,(H,19,25)/t10-,11+,12-,13?,16-/m1/s1. The second-order valence-electron chi connectivity index (χ2n) is 6.39. The third-order valence-corrected chi connectivity index (χ3v) is 4.48. The lowest BCUT2D eigenvalue weighted by Gasteiger charge is -2.28. The first-order valence-corrected chi connectivity index (χ1v) is 8.40. The van der Waals surface area contributed by atoms with Gasteiger partial charge in [-0.2, -0.15) is 0 Å². The van der Waals surface area contributed by atoms with Crippen LogP contribution in [-0.2, 0) is 17.2 Å². The lowest BCUT2D eigenvalue weighted by molar-refractivity contribution is -0.384. The summed E-state index contributed by atoms with van der Waals surface area (Å²) in [5, 5.41) is 53.4. The van der Waals surface area contributed by atoms with Gasteiger partial charge in [-0.05, 0) is 5.56 Å². The molecule has 0 spiro atoms. The van der Waals surface area contributed by atoms with E-state index >= 15 is 0 Å². The number of aliphatic hydroxyl groups excluding tert-OH is 3.